The Morgan fingerprint density at radius 1 is 0.605 bits per heavy atom. The molecule has 0 N–H and O–H groups in total. The Labute approximate surface area is 206 Å². The van der Waals surface area contributed by atoms with E-state index in [-0.39, 0.29) is 23.1 Å². The van der Waals surface area contributed by atoms with Crippen molar-refractivity contribution in [2.24, 2.45) is 0 Å². The summed E-state index contributed by atoms with van der Waals surface area (Å²) in [6, 6.07) is 11.9. The van der Waals surface area contributed by atoms with Crippen LogP contribution >= 0.6 is 0 Å². The van der Waals surface area contributed by atoms with Gasteiger partial charge in [0.05, 0.1) is 46.1 Å². The van der Waals surface area contributed by atoms with Gasteiger partial charge in [0.1, 0.15) is 11.5 Å². The number of halogens is 6. The smallest absolute Gasteiger partial charge is 0.406 e. The van der Waals surface area contributed by atoms with E-state index in [2.05, 4.69) is 19.7 Å². The summed E-state index contributed by atoms with van der Waals surface area (Å²) in [5.74, 6) is -1.46. The summed E-state index contributed by atoms with van der Waals surface area (Å²) in [6.45, 7) is 0. The van der Waals surface area contributed by atoms with Crippen molar-refractivity contribution in [3.63, 3.8) is 0 Å². The lowest BCUT2D eigenvalue weighted by atomic mass is 10.3. The molecule has 0 aliphatic carbocycles. The van der Waals surface area contributed by atoms with Crippen molar-refractivity contribution in [1.29, 1.82) is 0 Å². The van der Waals surface area contributed by atoms with Gasteiger partial charge in [0.15, 0.2) is 0 Å². The topological polar surface area (TPSA) is 140 Å². The van der Waals surface area contributed by atoms with Crippen molar-refractivity contribution in [3.05, 3.63) is 93.3 Å². The summed E-state index contributed by atoms with van der Waals surface area (Å²) in [7, 11) is 0. The molecule has 0 radical (unpaired) electrons. The SMILES string of the molecule is O=[N+]([O-])c1ccn(-c2ccc(OC(F)(F)F)cc2)n1.O=[N+]([O-])c1ccn(-c2ccc(OC(F)(F)F)cc2)n1. The molecule has 12 nitrogen and oxygen atoms in total. The molecule has 0 fully saturated rings. The quantitative estimate of drug-likeness (QED) is 0.179. The highest BCUT2D eigenvalue weighted by Crippen LogP contribution is 2.25. The monoisotopic (exact) mass is 546 g/mol. The third-order valence-corrected chi connectivity index (χ3v) is 4.19. The van der Waals surface area contributed by atoms with Crippen LogP contribution in [-0.2, 0) is 0 Å². The molecular formula is C20H12F6N6O6. The van der Waals surface area contributed by atoms with E-state index in [1.165, 1.54) is 58.2 Å². The van der Waals surface area contributed by atoms with E-state index in [0.717, 1.165) is 24.3 Å². The maximum atomic E-state index is 11.9. The zero-order chi connectivity index (χ0) is 28.1. The number of ether oxygens (including phenoxy) is 2. The molecule has 200 valence electrons. The summed E-state index contributed by atoms with van der Waals surface area (Å²) in [6.07, 6.45) is -6.85. The van der Waals surface area contributed by atoms with Gasteiger partial charge in [0, 0.05) is 0 Å². The zero-order valence-electron chi connectivity index (χ0n) is 18.3. The molecule has 0 atom stereocenters. The van der Waals surface area contributed by atoms with Crippen LogP contribution in [0.2, 0.25) is 0 Å². The van der Waals surface area contributed by atoms with Gasteiger partial charge in [-0.05, 0) is 58.4 Å². The van der Waals surface area contributed by atoms with Crippen molar-refractivity contribution >= 4 is 11.6 Å². The van der Waals surface area contributed by atoms with E-state index in [1.54, 1.807) is 0 Å². The van der Waals surface area contributed by atoms with E-state index in [0.29, 0.717) is 11.4 Å². The van der Waals surface area contributed by atoms with Gasteiger partial charge in [-0.25, -0.2) is 0 Å². The van der Waals surface area contributed by atoms with Crippen molar-refractivity contribution in [2.45, 2.75) is 12.7 Å². The van der Waals surface area contributed by atoms with Gasteiger partial charge in [0.25, 0.3) is 0 Å². The molecule has 2 aromatic carbocycles. The Morgan fingerprint density at radius 3 is 1.16 bits per heavy atom. The molecule has 0 unspecified atom stereocenters. The second-order valence-corrected chi connectivity index (χ2v) is 6.83. The van der Waals surface area contributed by atoms with Gasteiger partial charge in [0.2, 0.25) is 0 Å². The standard InChI is InChI=1S/2C10H6F3N3O3/c2*11-10(12,13)19-8-3-1-7(2-4-8)15-6-5-9(14-15)16(17)18/h2*1-6H. The van der Waals surface area contributed by atoms with Crippen molar-refractivity contribution in [1.82, 2.24) is 19.6 Å². The molecule has 0 saturated carbocycles. The largest absolute Gasteiger partial charge is 0.573 e. The first-order chi connectivity index (χ1) is 17.7. The van der Waals surface area contributed by atoms with E-state index in [9.17, 15) is 46.6 Å². The molecule has 2 heterocycles. The maximum Gasteiger partial charge on any atom is 0.573 e. The van der Waals surface area contributed by atoms with Crippen LogP contribution in [0.4, 0.5) is 38.0 Å². The number of hydrogen-bond acceptors (Lipinski definition) is 8. The predicted octanol–water partition coefficient (Wildman–Crippen LogP) is 5.36. The Hall–Kier alpha value is -5.16. The fraction of sp³-hybridized carbons (Fsp3) is 0.100. The van der Waals surface area contributed by atoms with Crippen LogP contribution < -0.4 is 9.47 Å². The molecule has 0 spiro atoms. The minimum atomic E-state index is -4.76. The third-order valence-electron chi connectivity index (χ3n) is 4.19. The van der Waals surface area contributed by atoms with Crippen LogP contribution in [-0.4, -0.2) is 42.1 Å². The molecule has 0 aliphatic heterocycles. The van der Waals surface area contributed by atoms with Crippen LogP contribution in [0.15, 0.2) is 73.1 Å². The molecule has 0 amide bonds. The second kappa shape index (κ2) is 10.8. The van der Waals surface area contributed by atoms with Crippen molar-refractivity contribution in [3.8, 4) is 22.9 Å². The van der Waals surface area contributed by atoms with E-state index in [1.807, 2.05) is 0 Å². The van der Waals surface area contributed by atoms with E-state index >= 15 is 0 Å². The van der Waals surface area contributed by atoms with E-state index in [4.69, 9.17) is 0 Å². The molecule has 0 aliphatic rings. The highest BCUT2D eigenvalue weighted by Gasteiger charge is 2.31. The van der Waals surface area contributed by atoms with Gasteiger partial charge < -0.3 is 29.7 Å². The predicted molar refractivity (Wildman–Crippen MR) is 114 cm³/mol. The number of benzene rings is 2. The number of aromatic nitrogens is 4. The Balaban J connectivity index is 0.000000211. The number of hydrogen-bond donors (Lipinski definition) is 0. The lowest BCUT2D eigenvalue weighted by Crippen LogP contribution is -2.17. The molecule has 4 rings (SSSR count). The maximum absolute atomic E-state index is 11.9. The normalized spacial score (nSPS) is 11.3. The highest BCUT2D eigenvalue weighted by molar-refractivity contribution is 5.38. The van der Waals surface area contributed by atoms with Gasteiger partial charge in [-0.15, -0.1) is 35.7 Å². The van der Waals surface area contributed by atoms with Gasteiger partial charge in [-0.3, -0.25) is 0 Å². The van der Waals surface area contributed by atoms with Crippen LogP contribution in [0.5, 0.6) is 11.5 Å². The van der Waals surface area contributed by atoms with E-state index < -0.39 is 22.6 Å². The lowest BCUT2D eigenvalue weighted by Gasteiger charge is -2.08. The Bertz CT molecular complexity index is 1290. The number of nitrogens with zero attached hydrogens (tertiary/aromatic N) is 6. The third kappa shape index (κ3) is 7.93. The fourth-order valence-electron chi connectivity index (χ4n) is 2.71. The minimum Gasteiger partial charge on any atom is -0.406 e. The summed E-state index contributed by atoms with van der Waals surface area (Å²) >= 11 is 0. The number of nitro groups is 2. The highest BCUT2D eigenvalue weighted by atomic mass is 19.4. The summed E-state index contributed by atoms with van der Waals surface area (Å²) in [4.78, 5) is 19.5. The Morgan fingerprint density at radius 2 is 0.921 bits per heavy atom. The average Bonchev–Trinajstić information content (AvgIpc) is 3.49. The number of alkyl halides is 6. The van der Waals surface area contributed by atoms with Gasteiger partial charge in [-0.1, -0.05) is 0 Å². The van der Waals surface area contributed by atoms with Crippen LogP contribution in [0.1, 0.15) is 0 Å². The fourth-order valence-corrected chi connectivity index (χ4v) is 2.71. The summed E-state index contributed by atoms with van der Waals surface area (Å²) in [5.41, 5.74) is 0.755. The molecular weight excluding hydrogens is 534 g/mol. The molecule has 2 aromatic heterocycles. The Kier molecular flexibility index (Phi) is 7.83. The zero-order valence-corrected chi connectivity index (χ0v) is 18.3. The summed E-state index contributed by atoms with van der Waals surface area (Å²) < 4.78 is 81.4. The van der Waals surface area contributed by atoms with Crippen molar-refractivity contribution < 1.29 is 45.7 Å². The first-order valence-corrected chi connectivity index (χ1v) is 9.83. The molecule has 0 bridgehead atoms. The first kappa shape index (κ1) is 27.4. The first-order valence-electron chi connectivity index (χ1n) is 9.83. The second-order valence-electron chi connectivity index (χ2n) is 6.83. The molecule has 38 heavy (non-hydrogen) atoms. The summed E-state index contributed by atoms with van der Waals surface area (Å²) in [5, 5.41) is 28.2. The van der Waals surface area contributed by atoms with Crippen LogP contribution in [0.25, 0.3) is 11.4 Å². The molecule has 0 saturated heterocycles. The van der Waals surface area contributed by atoms with Gasteiger partial charge >= 0.3 is 24.4 Å². The molecule has 4 aromatic rings. The van der Waals surface area contributed by atoms with Gasteiger partial charge in [-0.2, -0.15) is 0 Å². The number of rotatable bonds is 6. The van der Waals surface area contributed by atoms with Crippen LogP contribution in [0, 0.1) is 20.2 Å². The molecule has 18 heteroatoms. The van der Waals surface area contributed by atoms with Crippen molar-refractivity contribution in [2.75, 3.05) is 0 Å². The average molecular weight is 546 g/mol. The minimum absolute atomic E-state index is 0.351. The lowest BCUT2D eigenvalue weighted by molar-refractivity contribution is -0.389. The van der Waals surface area contributed by atoms with Crippen LogP contribution in [0.3, 0.4) is 0 Å².